The summed E-state index contributed by atoms with van der Waals surface area (Å²) < 4.78 is 5.51. The molecule has 20 heavy (non-hydrogen) atoms. The second kappa shape index (κ2) is 5.19. The SMILES string of the molecule is CC1COC(CO)CN1C(=O)C1(c2ccccc2)CC1. The smallest absolute Gasteiger partial charge is 0.233 e. The van der Waals surface area contributed by atoms with Crippen LogP contribution in [0.3, 0.4) is 0 Å². The van der Waals surface area contributed by atoms with Crippen molar-refractivity contribution in [3.63, 3.8) is 0 Å². The van der Waals surface area contributed by atoms with Gasteiger partial charge < -0.3 is 14.7 Å². The van der Waals surface area contributed by atoms with Crippen LogP contribution < -0.4 is 0 Å². The van der Waals surface area contributed by atoms with Crippen LogP contribution in [0.4, 0.5) is 0 Å². The van der Waals surface area contributed by atoms with Gasteiger partial charge in [-0.05, 0) is 25.3 Å². The third-order valence-corrected chi connectivity index (χ3v) is 4.46. The lowest BCUT2D eigenvalue weighted by molar-refractivity contribution is -0.148. The number of hydrogen-bond donors (Lipinski definition) is 1. The Bertz CT molecular complexity index is 484. The molecule has 108 valence electrons. The summed E-state index contributed by atoms with van der Waals surface area (Å²) in [5, 5.41) is 9.25. The lowest BCUT2D eigenvalue weighted by Gasteiger charge is -2.39. The Morgan fingerprint density at radius 3 is 2.70 bits per heavy atom. The number of ether oxygens (including phenoxy) is 1. The minimum absolute atomic E-state index is 0.0329. The van der Waals surface area contributed by atoms with Crippen molar-refractivity contribution in [2.24, 2.45) is 0 Å². The van der Waals surface area contributed by atoms with Crippen molar-refractivity contribution in [1.29, 1.82) is 0 Å². The standard InChI is InChI=1S/C16H21NO3/c1-12-11-20-14(10-18)9-17(12)15(19)16(7-8-16)13-5-3-2-4-6-13/h2-6,12,14,18H,7-11H2,1H3. The van der Waals surface area contributed by atoms with Gasteiger partial charge in [0.25, 0.3) is 0 Å². The lowest BCUT2D eigenvalue weighted by Crippen LogP contribution is -2.54. The first-order valence-electron chi connectivity index (χ1n) is 7.26. The van der Waals surface area contributed by atoms with Crippen LogP contribution in [-0.4, -0.2) is 47.8 Å². The van der Waals surface area contributed by atoms with E-state index in [1.54, 1.807) is 0 Å². The molecular weight excluding hydrogens is 254 g/mol. The van der Waals surface area contributed by atoms with Gasteiger partial charge in [-0.25, -0.2) is 0 Å². The summed E-state index contributed by atoms with van der Waals surface area (Å²) in [6, 6.07) is 10.1. The molecule has 1 saturated carbocycles. The normalized spacial score (nSPS) is 28.2. The van der Waals surface area contributed by atoms with E-state index in [0.29, 0.717) is 13.2 Å². The van der Waals surface area contributed by atoms with Crippen molar-refractivity contribution in [2.75, 3.05) is 19.8 Å². The Morgan fingerprint density at radius 2 is 2.10 bits per heavy atom. The van der Waals surface area contributed by atoms with Crippen molar-refractivity contribution in [1.82, 2.24) is 4.90 Å². The molecule has 0 aromatic heterocycles. The van der Waals surface area contributed by atoms with E-state index in [1.165, 1.54) is 0 Å². The number of hydrogen-bond acceptors (Lipinski definition) is 3. The molecule has 1 heterocycles. The largest absolute Gasteiger partial charge is 0.394 e. The molecule has 0 spiro atoms. The molecule has 1 aromatic rings. The summed E-state index contributed by atoms with van der Waals surface area (Å²) in [4.78, 5) is 14.8. The van der Waals surface area contributed by atoms with Crippen molar-refractivity contribution in [2.45, 2.75) is 37.3 Å². The zero-order valence-corrected chi connectivity index (χ0v) is 11.8. The van der Waals surface area contributed by atoms with Crippen LogP contribution in [0.5, 0.6) is 0 Å². The predicted molar refractivity (Wildman–Crippen MR) is 75.4 cm³/mol. The summed E-state index contributed by atoms with van der Waals surface area (Å²) in [6.07, 6.45) is 1.59. The van der Waals surface area contributed by atoms with E-state index in [9.17, 15) is 9.90 Å². The third kappa shape index (κ3) is 2.23. The second-order valence-corrected chi connectivity index (χ2v) is 5.89. The first-order valence-corrected chi connectivity index (χ1v) is 7.26. The van der Waals surface area contributed by atoms with Crippen molar-refractivity contribution in [3.05, 3.63) is 35.9 Å². The number of carbonyl (C=O) groups excluding carboxylic acids is 1. The fourth-order valence-corrected chi connectivity index (χ4v) is 2.99. The van der Waals surface area contributed by atoms with E-state index < -0.39 is 0 Å². The molecule has 1 N–H and O–H groups in total. The van der Waals surface area contributed by atoms with Gasteiger partial charge in [-0.15, -0.1) is 0 Å². The zero-order valence-electron chi connectivity index (χ0n) is 11.8. The average molecular weight is 275 g/mol. The number of aliphatic hydroxyl groups excluding tert-OH is 1. The Balaban J connectivity index is 1.81. The highest BCUT2D eigenvalue weighted by Gasteiger charge is 2.54. The number of aliphatic hydroxyl groups is 1. The van der Waals surface area contributed by atoms with E-state index in [2.05, 4.69) is 0 Å². The van der Waals surface area contributed by atoms with Crippen LogP contribution in [0.1, 0.15) is 25.3 Å². The number of morpholine rings is 1. The lowest BCUT2D eigenvalue weighted by atomic mass is 9.93. The summed E-state index contributed by atoms with van der Waals surface area (Å²) in [6.45, 7) is 2.97. The topological polar surface area (TPSA) is 49.8 Å². The van der Waals surface area contributed by atoms with Gasteiger partial charge in [0.2, 0.25) is 5.91 Å². The number of benzene rings is 1. The first-order chi connectivity index (χ1) is 9.67. The Morgan fingerprint density at radius 1 is 1.40 bits per heavy atom. The molecule has 1 aliphatic heterocycles. The Labute approximate surface area is 119 Å². The second-order valence-electron chi connectivity index (χ2n) is 5.89. The maximum atomic E-state index is 12.9. The van der Waals surface area contributed by atoms with Crippen molar-refractivity contribution < 1.29 is 14.6 Å². The number of rotatable bonds is 3. The molecule has 0 radical (unpaired) electrons. The van der Waals surface area contributed by atoms with E-state index in [4.69, 9.17) is 4.74 Å². The summed E-state index contributed by atoms with van der Waals surface area (Å²) in [5.74, 6) is 0.193. The van der Waals surface area contributed by atoms with Gasteiger partial charge >= 0.3 is 0 Å². The molecule has 1 amide bonds. The minimum Gasteiger partial charge on any atom is -0.394 e. The van der Waals surface area contributed by atoms with E-state index in [-0.39, 0.29) is 30.1 Å². The van der Waals surface area contributed by atoms with E-state index in [1.807, 2.05) is 42.2 Å². The van der Waals surface area contributed by atoms with Crippen LogP contribution in [0.2, 0.25) is 0 Å². The molecule has 2 fully saturated rings. The van der Waals surface area contributed by atoms with Gasteiger partial charge in [0.05, 0.1) is 30.8 Å². The molecule has 4 heteroatoms. The predicted octanol–water partition coefficient (Wildman–Crippen LogP) is 1.33. The van der Waals surface area contributed by atoms with Gasteiger partial charge in [0.15, 0.2) is 0 Å². The zero-order chi connectivity index (χ0) is 14.2. The number of amides is 1. The van der Waals surface area contributed by atoms with Crippen molar-refractivity contribution >= 4 is 5.91 Å². The van der Waals surface area contributed by atoms with Crippen LogP contribution in [0.25, 0.3) is 0 Å². The maximum absolute atomic E-state index is 12.9. The van der Waals surface area contributed by atoms with Gasteiger partial charge in [-0.1, -0.05) is 30.3 Å². The first kappa shape index (κ1) is 13.6. The molecule has 3 rings (SSSR count). The van der Waals surface area contributed by atoms with Crippen LogP contribution in [-0.2, 0) is 14.9 Å². The van der Waals surface area contributed by atoms with Crippen LogP contribution in [0.15, 0.2) is 30.3 Å². The van der Waals surface area contributed by atoms with E-state index >= 15 is 0 Å². The fourth-order valence-electron chi connectivity index (χ4n) is 2.99. The highest BCUT2D eigenvalue weighted by atomic mass is 16.5. The molecule has 1 saturated heterocycles. The Kier molecular flexibility index (Phi) is 3.52. The molecule has 0 bridgehead atoms. The number of nitrogens with zero attached hydrogens (tertiary/aromatic N) is 1. The molecule has 4 nitrogen and oxygen atoms in total. The molecule has 2 atom stereocenters. The van der Waals surface area contributed by atoms with Crippen molar-refractivity contribution in [3.8, 4) is 0 Å². The summed E-state index contributed by atoms with van der Waals surface area (Å²) >= 11 is 0. The average Bonchev–Trinajstić information content (AvgIpc) is 3.30. The van der Waals surface area contributed by atoms with Gasteiger partial charge in [-0.2, -0.15) is 0 Å². The highest BCUT2D eigenvalue weighted by molar-refractivity contribution is 5.91. The third-order valence-electron chi connectivity index (χ3n) is 4.46. The van der Waals surface area contributed by atoms with E-state index in [0.717, 1.165) is 18.4 Å². The molecule has 2 aliphatic rings. The van der Waals surface area contributed by atoms with Crippen LogP contribution >= 0.6 is 0 Å². The summed E-state index contributed by atoms with van der Waals surface area (Å²) in [7, 11) is 0. The van der Waals surface area contributed by atoms with Gasteiger partial charge in [0.1, 0.15) is 0 Å². The number of carbonyl (C=O) groups is 1. The summed E-state index contributed by atoms with van der Waals surface area (Å²) in [5.41, 5.74) is 0.789. The molecule has 1 aliphatic carbocycles. The van der Waals surface area contributed by atoms with Gasteiger partial charge in [-0.3, -0.25) is 4.79 Å². The monoisotopic (exact) mass is 275 g/mol. The minimum atomic E-state index is -0.327. The highest BCUT2D eigenvalue weighted by Crippen LogP contribution is 2.50. The van der Waals surface area contributed by atoms with Crippen LogP contribution in [0, 0.1) is 0 Å². The Hall–Kier alpha value is -1.39. The quantitative estimate of drug-likeness (QED) is 0.905. The maximum Gasteiger partial charge on any atom is 0.233 e. The molecule has 2 unspecified atom stereocenters. The molecular formula is C16H21NO3. The van der Waals surface area contributed by atoms with Gasteiger partial charge in [0, 0.05) is 6.54 Å². The molecule has 1 aromatic carbocycles. The fraction of sp³-hybridized carbons (Fsp3) is 0.562.